The molecule has 0 saturated carbocycles. The lowest BCUT2D eigenvalue weighted by atomic mass is 10.2. The van der Waals surface area contributed by atoms with E-state index in [1.165, 1.54) is 17.8 Å². The number of nitro groups is 1. The number of aryl methyl sites for hydroxylation is 2. The van der Waals surface area contributed by atoms with Crippen molar-refractivity contribution in [2.75, 3.05) is 5.75 Å². The molecule has 2 aromatic heterocycles. The molecule has 172 valence electrons. The summed E-state index contributed by atoms with van der Waals surface area (Å²) in [4.78, 5) is 31.5. The van der Waals surface area contributed by atoms with Gasteiger partial charge in [0.25, 0.3) is 11.6 Å². The maximum atomic E-state index is 12.2. The number of fused-ring (bicyclic) bond motifs is 1. The van der Waals surface area contributed by atoms with Gasteiger partial charge in [-0.15, -0.1) is 0 Å². The fraction of sp³-hybridized carbons (Fsp3) is 0.167. The molecule has 2 heterocycles. The average Bonchev–Trinajstić information content (AvgIpc) is 3.15. The largest absolute Gasteiger partial charge is 0.342 e. The number of aromatic nitrogens is 3. The molecule has 0 aliphatic heterocycles. The number of benzene rings is 2. The molecule has 0 aliphatic carbocycles. The lowest BCUT2D eigenvalue weighted by molar-refractivity contribution is -0.384. The highest BCUT2D eigenvalue weighted by Crippen LogP contribution is 2.22. The SMILES string of the molecule is Cc1cc(C)nc(SCC(=O)N/N=C\c2cn(Cc3cccc([N+](=O)[O-])c3)c3ccccc23)n1. The van der Waals surface area contributed by atoms with E-state index < -0.39 is 4.92 Å². The van der Waals surface area contributed by atoms with Crippen LogP contribution in [0, 0.1) is 24.0 Å². The number of nitrogens with one attached hydrogen (secondary N) is 1. The molecule has 1 N–H and O–H groups in total. The van der Waals surface area contributed by atoms with Gasteiger partial charge >= 0.3 is 0 Å². The smallest absolute Gasteiger partial charge is 0.269 e. The first kappa shape index (κ1) is 23.1. The van der Waals surface area contributed by atoms with Crippen LogP contribution < -0.4 is 5.43 Å². The van der Waals surface area contributed by atoms with E-state index >= 15 is 0 Å². The Kier molecular flexibility index (Phi) is 6.98. The third-order valence-corrected chi connectivity index (χ3v) is 5.83. The van der Waals surface area contributed by atoms with E-state index in [4.69, 9.17) is 0 Å². The first-order chi connectivity index (χ1) is 16.4. The van der Waals surface area contributed by atoms with Crippen molar-refractivity contribution in [2.45, 2.75) is 25.5 Å². The summed E-state index contributed by atoms with van der Waals surface area (Å²) in [5, 5.41) is 16.7. The van der Waals surface area contributed by atoms with Gasteiger partial charge in [-0.3, -0.25) is 14.9 Å². The van der Waals surface area contributed by atoms with Gasteiger partial charge in [0.05, 0.1) is 16.9 Å². The van der Waals surface area contributed by atoms with Gasteiger partial charge in [-0.25, -0.2) is 15.4 Å². The molecule has 1 amide bonds. The van der Waals surface area contributed by atoms with E-state index in [9.17, 15) is 14.9 Å². The van der Waals surface area contributed by atoms with Crippen LogP contribution in [0.25, 0.3) is 10.9 Å². The second kappa shape index (κ2) is 10.3. The predicted octanol–water partition coefficient (Wildman–Crippen LogP) is 4.25. The molecule has 0 radical (unpaired) electrons. The Morgan fingerprint density at radius 3 is 2.68 bits per heavy atom. The lowest BCUT2D eigenvalue weighted by Crippen LogP contribution is -2.19. The zero-order valence-electron chi connectivity index (χ0n) is 18.6. The van der Waals surface area contributed by atoms with E-state index in [1.54, 1.807) is 18.3 Å². The molecule has 34 heavy (non-hydrogen) atoms. The molecule has 0 unspecified atom stereocenters. The number of carbonyl (C=O) groups is 1. The van der Waals surface area contributed by atoms with Crippen molar-refractivity contribution in [2.24, 2.45) is 5.10 Å². The van der Waals surface area contributed by atoms with Crippen LogP contribution in [0.15, 0.2) is 71.1 Å². The Balaban J connectivity index is 1.45. The zero-order chi connectivity index (χ0) is 24.1. The summed E-state index contributed by atoms with van der Waals surface area (Å²) in [6.07, 6.45) is 3.51. The highest BCUT2D eigenvalue weighted by molar-refractivity contribution is 7.99. The van der Waals surface area contributed by atoms with Crippen LogP contribution in [0.3, 0.4) is 0 Å². The maximum Gasteiger partial charge on any atom is 0.269 e. The number of thioether (sulfide) groups is 1. The number of carbonyl (C=O) groups excluding carboxylic acids is 1. The summed E-state index contributed by atoms with van der Waals surface area (Å²) in [6.45, 7) is 4.24. The molecule has 0 fully saturated rings. The van der Waals surface area contributed by atoms with E-state index in [-0.39, 0.29) is 17.3 Å². The zero-order valence-corrected chi connectivity index (χ0v) is 19.5. The second-order valence-corrected chi connectivity index (χ2v) is 8.61. The van der Waals surface area contributed by atoms with Crippen molar-refractivity contribution in [3.05, 3.63) is 93.4 Å². The van der Waals surface area contributed by atoms with Crippen molar-refractivity contribution in [3.63, 3.8) is 0 Å². The number of nitro benzene ring substituents is 1. The molecule has 0 bridgehead atoms. The van der Waals surface area contributed by atoms with Gasteiger partial charge < -0.3 is 4.57 Å². The Labute approximate surface area is 200 Å². The Hall–Kier alpha value is -4.05. The van der Waals surface area contributed by atoms with Crippen LogP contribution in [0.2, 0.25) is 0 Å². The molecule has 0 atom stereocenters. The van der Waals surface area contributed by atoms with Crippen LogP contribution >= 0.6 is 11.8 Å². The number of amides is 1. The minimum atomic E-state index is -0.400. The van der Waals surface area contributed by atoms with E-state index in [0.29, 0.717) is 11.7 Å². The van der Waals surface area contributed by atoms with Gasteiger partial charge in [0, 0.05) is 52.7 Å². The highest BCUT2D eigenvalue weighted by atomic mass is 32.2. The standard InChI is InChI=1S/C24H22N6O3S/c1-16-10-17(2)27-24(26-16)34-15-23(31)28-25-12-19-14-29(22-9-4-3-8-21(19)22)13-18-6-5-7-20(11-18)30(32)33/h3-12,14H,13,15H2,1-2H3,(H,28,31)/b25-12-. The summed E-state index contributed by atoms with van der Waals surface area (Å²) in [7, 11) is 0. The van der Waals surface area contributed by atoms with Crippen LogP contribution in [0.4, 0.5) is 5.69 Å². The van der Waals surface area contributed by atoms with Crippen molar-refractivity contribution < 1.29 is 9.72 Å². The fourth-order valence-corrected chi connectivity index (χ4v) is 4.31. The van der Waals surface area contributed by atoms with Gasteiger partial charge in [-0.2, -0.15) is 5.10 Å². The van der Waals surface area contributed by atoms with Crippen LogP contribution in [0.5, 0.6) is 0 Å². The number of para-hydroxylation sites is 1. The van der Waals surface area contributed by atoms with Gasteiger partial charge in [-0.1, -0.05) is 42.1 Å². The molecular formula is C24H22N6O3S. The Morgan fingerprint density at radius 1 is 1.15 bits per heavy atom. The average molecular weight is 475 g/mol. The van der Waals surface area contributed by atoms with Crippen LogP contribution in [0.1, 0.15) is 22.5 Å². The molecule has 4 aromatic rings. The fourth-order valence-electron chi connectivity index (χ4n) is 3.57. The quantitative estimate of drug-likeness (QED) is 0.134. The molecule has 10 heteroatoms. The minimum Gasteiger partial charge on any atom is -0.342 e. The van der Waals surface area contributed by atoms with Crippen molar-refractivity contribution in [3.8, 4) is 0 Å². The monoisotopic (exact) mass is 474 g/mol. The topological polar surface area (TPSA) is 115 Å². The normalized spacial score (nSPS) is 11.2. The van der Waals surface area contributed by atoms with Gasteiger partial charge in [0.2, 0.25) is 0 Å². The number of nitrogens with zero attached hydrogens (tertiary/aromatic N) is 5. The summed E-state index contributed by atoms with van der Waals surface area (Å²) < 4.78 is 2.00. The number of hydrogen-bond acceptors (Lipinski definition) is 7. The molecule has 2 aromatic carbocycles. The third-order valence-electron chi connectivity index (χ3n) is 4.98. The summed E-state index contributed by atoms with van der Waals surface area (Å²) >= 11 is 1.25. The second-order valence-electron chi connectivity index (χ2n) is 7.67. The van der Waals surface area contributed by atoms with Crippen molar-refractivity contribution >= 4 is 40.5 Å². The first-order valence-electron chi connectivity index (χ1n) is 10.5. The molecule has 4 rings (SSSR count). The molecule has 0 saturated heterocycles. The Bertz CT molecular complexity index is 1380. The lowest BCUT2D eigenvalue weighted by Gasteiger charge is -2.05. The molecule has 0 spiro atoms. The first-order valence-corrected chi connectivity index (χ1v) is 11.5. The summed E-state index contributed by atoms with van der Waals surface area (Å²) in [5.41, 5.74) is 6.92. The summed E-state index contributed by atoms with van der Waals surface area (Å²) in [6, 6.07) is 16.3. The van der Waals surface area contributed by atoms with E-state index in [1.807, 2.05) is 61.0 Å². The van der Waals surface area contributed by atoms with Crippen LogP contribution in [-0.4, -0.2) is 37.3 Å². The number of hydrazone groups is 1. The third kappa shape index (κ3) is 5.65. The van der Waals surface area contributed by atoms with E-state index in [2.05, 4.69) is 20.5 Å². The van der Waals surface area contributed by atoms with Crippen molar-refractivity contribution in [1.29, 1.82) is 0 Å². The Morgan fingerprint density at radius 2 is 1.91 bits per heavy atom. The maximum absolute atomic E-state index is 12.2. The molecular weight excluding hydrogens is 452 g/mol. The van der Waals surface area contributed by atoms with Gasteiger partial charge in [-0.05, 0) is 31.5 Å². The number of rotatable bonds is 8. The number of hydrogen-bond donors (Lipinski definition) is 1. The highest BCUT2D eigenvalue weighted by Gasteiger charge is 2.10. The summed E-state index contributed by atoms with van der Waals surface area (Å²) in [5.74, 6) is -0.112. The van der Waals surface area contributed by atoms with Crippen LogP contribution in [-0.2, 0) is 11.3 Å². The number of non-ortho nitro benzene ring substituents is 1. The van der Waals surface area contributed by atoms with E-state index in [0.717, 1.165) is 33.4 Å². The minimum absolute atomic E-state index is 0.0579. The molecule has 0 aliphatic rings. The molecule has 9 nitrogen and oxygen atoms in total. The van der Waals surface area contributed by atoms with Gasteiger partial charge in [0.15, 0.2) is 5.16 Å². The predicted molar refractivity (Wildman–Crippen MR) is 132 cm³/mol. The van der Waals surface area contributed by atoms with Crippen molar-refractivity contribution in [1.82, 2.24) is 20.0 Å². The van der Waals surface area contributed by atoms with Gasteiger partial charge in [0.1, 0.15) is 0 Å².